The Kier molecular flexibility index (Phi) is 9.92. The van der Waals surface area contributed by atoms with E-state index in [2.05, 4.69) is 34.7 Å². The monoisotopic (exact) mass is 602 g/mol. The highest BCUT2D eigenvalue weighted by Gasteiger charge is 2.50. The smallest absolute Gasteiger partial charge is 0.490 e. The molecular weight excluding hydrogens is 573 g/mol. The standard InChI is InChI=1S/C24H29ClN4O5.C2HF3O2/c1-28-11-10-24(15-4-7-20(33-2)21(12-15)34-3)9-8-17(14-22(24)28)26-23(30)27-18-6-5-16(25)13-19(18)29(31)32;3-2(4,5)1(6)7/h4-7,12-13,17,22H,8-11,14H2,1-3H3,(H2,26,27,30);(H,6,7)/t17-,22+,24+;/m1./s1. The minimum absolute atomic E-state index is 0.0298. The summed E-state index contributed by atoms with van der Waals surface area (Å²) in [6, 6.07) is 10.1. The first kappa shape index (κ1) is 31.7. The molecule has 2 fully saturated rings. The lowest BCUT2D eigenvalue weighted by atomic mass is 9.65. The molecule has 15 heteroatoms. The number of nitro benzene ring substituents is 1. The van der Waals surface area contributed by atoms with Gasteiger partial charge in [0.05, 0.1) is 19.1 Å². The molecule has 2 aromatic rings. The number of carboxylic acid groups (broad SMARTS) is 1. The number of nitro groups is 1. The fraction of sp³-hybridized carbons (Fsp3) is 0.462. The van der Waals surface area contributed by atoms with Crippen molar-refractivity contribution < 1.29 is 42.3 Å². The van der Waals surface area contributed by atoms with E-state index >= 15 is 0 Å². The number of urea groups is 1. The van der Waals surface area contributed by atoms with Gasteiger partial charge < -0.3 is 30.1 Å². The van der Waals surface area contributed by atoms with Crippen molar-refractivity contribution in [2.45, 2.75) is 49.4 Å². The molecule has 224 valence electrons. The van der Waals surface area contributed by atoms with Crippen molar-refractivity contribution in [3.05, 3.63) is 57.1 Å². The Morgan fingerprint density at radius 2 is 1.80 bits per heavy atom. The minimum Gasteiger partial charge on any atom is -0.493 e. The van der Waals surface area contributed by atoms with Gasteiger partial charge >= 0.3 is 18.2 Å². The maximum atomic E-state index is 12.7. The third-order valence-corrected chi connectivity index (χ3v) is 7.70. The first-order chi connectivity index (χ1) is 19.2. The minimum atomic E-state index is -5.08. The van der Waals surface area contributed by atoms with Crippen LogP contribution in [0.3, 0.4) is 0 Å². The molecule has 1 saturated carbocycles. The van der Waals surface area contributed by atoms with Gasteiger partial charge in [-0.1, -0.05) is 17.7 Å². The number of carboxylic acids is 1. The van der Waals surface area contributed by atoms with Crippen LogP contribution in [0.2, 0.25) is 5.02 Å². The third-order valence-electron chi connectivity index (χ3n) is 7.47. The highest BCUT2D eigenvalue weighted by atomic mass is 35.5. The summed E-state index contributed by atoms with van der Waals surface area (Å²) in [5, 5.41) is 24.3. The van der Waals surface area contributed by atoms with E-state index in [-0.39, 0.29) is 33.9 Å². The number of benzene rings is 2. The number of methoxy groups -OCH3 is 2. The van der Waals surface area contributed by atoms with Gasteiger partial charge in [-0.2, -0.15) is 13.2 Å². The van der Waals surface area contributed by atoms with Gasteiger partial charge in [0, 0.05) is 28.6 Å². The third kappa shape index (κ3) is 7.30. The van der Waals surface area contributed by atoms with Crippen LogP contribution >= 0.6 is 11.6 Å². The van der Waals surface area contributed by atoms with Crippen LogP contribution in [-0.2, 0) is 10.2 Å². The normalized spacial score (nSPS) is 22.0. The molecule has 3 N–H and O–H groups in total. The fourth-order valence-electron chi connectivity index (χ4n) is 5.50. The summed E-state index contributed by atoms with van der Waals surface area (Å²) < 4.78 is 42.7. The summed E-state index contributed by atoms with van der Waals surface area (Å²) in [4.78, 5) is 34.7. The van der Waals surface area contributed by atoms with Crippen LogP contribution < -0.4 is 20.1 Å². The molecule has 3 atom stereocenters. The number of halogens is 4. The number of alkyl halides is 3. The van der Waals surface area contributed by atoms with E-state index in [9.17, 15) is 28.1 Å². The Labute approximate surface area is 238 Å². The van der Waals surface area contributed by atoms with E-state index in [4.69, 9.17) is 31.0 Å². The number of hydrogen-bond donors (Lipinski definition) is 3. The number of amides is 2. The maximum absolute atomic E-state index is 12.7. The summed E-state index contributed by atoms with van der Waals surface area (Å²) in [5.74, 6) is -1.34. The molecule has 0 aromatic heterocycles. The van der Waals surface area contributed by atoms with Crippen molar-refractivity contribution in [2.75, 3.05) is 33.1 Å². The number of nitrogens with one attached hydrogen (secondary N) is 2. The highest BCUT2D eigenvalue weighted by molar-refractivity contribution is 6.31. The van der Waals surface area contributed by atoms with Crippen LogP contribution in [0, 0.1) is 10.1 Å². The van der Waals surface area contributed by atoms with Gasteiger partial charge in [0.1, 0.15) is 5.69 Å². The fourth-order valence-corrected chi connectivity index (χ4v) is 5.67. The molecule has 0 unspecified atom stereocenters. The zero-order valence-electron chi connectivity index (χ0n) is 22.5. The number of carbonyl (C=O) groups is 2. The molecule has 41 heavy (non-hydrogen) atoms. The van der Waals surface area contributed by atoms with Crippen LogP contribution in [0.15, 0.2) is 36.4 Å². The van der Waals surface area contributed by atoms with Crippen molar-refractivity contribution in [1.29, 1.82) is 0 Å². The highest BCUT2D eigenvalue weighted by Crippen LogP contribution is 2.50. The quantitative estimate of drug-likeness (QED) is 0.302. The van der Waals surface area contributed by atoms with Crippen molar-refractivity contribution in [1.82, 2.24) is 10.2 Å². The number of aliphatic carboxylic acids is 1. The molecule has 2 aliphatic rings. The number of ether oxygens (including phenoxy) is 2. The van der Waals surface area contributed by atoms with Crippen LogP contribution in [0.1, 0.15) is 31.2 Å². The Hall–Kier alpha value is -3.78. The van der Waals surface area contributed by atoms with Gasteiger partial charge in [-0.15, -0.1) is 0 Å². The summed E-state index contributed by atoms with van der Waals surface area (Å²) in [7, 11) is 5.39. The maximum Gasteiger partial charge on any atom is 0.490 e. The zero-order valence-corrected chi connectivity index (χ0v) is 23.2. The largest absolute Gasteiger partial charge is 0.493 e. The molecular formula is C26H30ClF3N4O7. The first-order valence-electron chi connectivity index (χ1n) is 12.5. The Morgan fingerprint density at radius 1 is 1.15 bits per heavy atom. The van der Waals surface area contributed by atoms with E-state index in [0.717, 1.165) is 32.2 Å². The number of nitrogens with zero attached hydrogens (tertiary/aromatic N) is 2. The van der Waals surface area contributed by atoms with E-state index in [0.29, 0.717) is 11.5 Å². The molecule has 11 nitrogen and oxygen atoms in total. The van der Waals surface area contributed by atoms with Crippen molar-refractivity contribution in [2.24, 2.45) is 0 Å². The number of fused-ring (bicyclic) bond motifs is 1. The Bertz CT molecular complexity index is 1300. The van der Waals surface area contributed by atoms with Gasteiger partial charge in [-0.05, 0) is 69.1 Å². The molecule has 2 amide bonds. The summed E-state index contributed by atoms with van der Waals surface area (Å²) in [6.07, 6.45) is -1.57. The molecule has 4 rings (SSSR count). The van der Waals surface area contributed by atoms with Gasteiger partial charge in [0.15, 0.2) is 11.5 Å². The number of hydrogen-bond acceptors (Lipinski definition) is 7. The average Bonchev–Trinajstić information content (AvgIpc) is 3.25. The predicted octanol–water partition coefficient (Wildman–Crippen LogP) is 5.21. The average molecular weight is 603 g/mol. The van der Waals surface area contributed by atoms with Crippen LogP contribution in [0.5, 0.6) is 11.5 Å². The second-order valence-electron chi connectivity index (χ2n) is 9.76. The lowest BCUT2D eigenvalue weighted by Crippen LogP contribution is -2.52. The SMILES string of the molecule is COc1ccc([C@@]23CC[C@@H](NC(=O)Nc4ccc(Cl)cc4[N+](=O)[O-])C[C@@H]2N(C)CC3)cc1OC.O=C(O)C(F)(F)F. The second kappa shape index (κ2) is 12.8. The lowest BCUT2D eigenvalue weighted by molar-refractivity contribution is -0.383. The first-order valence-corrected chi connectivity index (χ1v) is 12.8. The molecule has 0 radical (unpaired) electrons. The number of anilines is 1. The molecule has 0 spiro atoms. The predicted molar refractivity (Wildman–Crippen MR) is 144 cm³/mol. The van der Waals surface area contributed by atoms with E-state index in [1.807, 2.05) is 6.07 Å². The van der Waals surface area contributed by atoms with Gasteiger partial charge in [-0.3, -0.25) is 10.1 Å². The summed E-state index contributed by atoms with van der Waals surface area (Å²) in [6.45, 7) is 0.967. The Morgan fingerprint density at radius 3 is 2.39 bits per heavy atom. The van der Waals surface area contributed by atoms with Crippen LogP contribution in [-0.4, -0.2) is 73.0 Å². The van der Waals surface area contributed by atoms with E-state index in [1.165, 1.54) is 23.8 Å². The molecule has 1 aliphatic carbocycles. The summed E-state index contributed by atoms with van der Waals surface area (Å²) >= 11 is 5.87. The number of likely N-dealkylation sites (tertiary alicyclic amines) is 1. The number of carbonyl (C=O) groups excluding carboxylic acids is 1. The van der Waals surface area contributed by atoms with Crippen LogP contribution in [0.4, 0.5) is 29.3 Å². The van der Waals surface area contributed by atoms with Crippen molar-refractivity contribution in [3.8, 4) is 11.5 Å². The Balaban J connectivity index is 0.000000587. The lowest BCUT2D eigenvalue weighted by Gasteiger charge is -2.45. The molecule has 1 heterocycles. The zero-order chi connectivity index (χ0) is 30.5. The van der Waals surface area contributed by atoms with Gasteiger partial charge in [0.25, 0.3) is 5.69 Å². The van der Waals surface area contributed by atoms with Crippen LogP contribution in [0.25, 0.3) is 0 Å². The van der Waals surface area contributed by atoms with Gasteiger partial charge in [-0.25, -0.2) is 9.59 Å². The topological polar surface area (TPSA) is 143 Å². The number of rotatable bonds is 6. The molecule has 1 saturated heterocycles. The number of likely N-dealkylation sites (N-methyl/N-ethyl adjacent to an activating group) is 1. The van der Waals surface area contributed by atoms with Crippen molar-refractivity contribution in [3.63, 3.8) is 0 Å². The molecule has 1 aliphatic heterocycles. The van der Waals surface area contributed by atoms with Gasteiger partial charge in [0.2, 0.25) is 0 Å². The van der Waals surface area contributed by atoms with Crippen molar-refractivity contribution >= 4 is 35.0 Å². The van der Waals surface area contributed by atoms with E-state index in [1.54, 1.807) is 14.2 Å². The van der Waals surface area contributed by atoms with E-state index < -0.39 is 23.1 Å². The second-order valence-corrected chi connectivity index (χ2v) is 10.2. The summed E-state index contributed by atoms with van der Waals surface area (Å²) in [5.41, 5.74) is 1.06. The molecule has 0 bridgehead atoms. The molecule has 2 aromatic carbocycles.